The summed E-state index contributed by atoms with van der Waals surface area (Å²) in [6.07, 6.45) is 3.39. The molecule has 1 saturated carbocycles. The number of carboxylic acid groups (broad SMARTS) is 1. The highest BCUT2D eigenvalue weighted by Gasteiger charge is 2.36. The van der Waals surface area contributed by atoms with E-state index in [9.17, 15) is 19.5 Å². The van der Waals surface area contributed by atoms with E-state index in [0.29, 0.717) is 23.9 Å². The zero-order chi connectivity index (χ0) is 27.0. The number of hydrogen-bond acceptors (Lipinski definition) is 6. The normalized spacial score (nSPS) is 13.8. The molecule has 0 bridgehead atoms. The maximum Gasteiger partial charge on any atom is 0.407 e. The summed E-state index contributed by atoms with van der Waals surface area (Å²) < 4.78 is 16.6. The van der Waals surface area contributed by atoms with Gasteiger partial charge in [-0.3, -0.25) is 4.79 Å². The number of methoxy groups -OCH3 is 1. The van der Waals surface area contributed by atoms with Crippen molar-refractivity contribution in [3.05, 3.63) is 83.9 Å². The van der Waals surface area contributed by atoms with E-state index in [2.05, 4.69) is 10.6 Å². The van der Waals surface area contributed by atoms with Crippen LogP contribution >= 0.6 is 0 Å². The molecule has 0 heterocycles. The molecule has 0 saturated heterocycles. The van der Waals surface area contributed by atoms with Gasteiger partial charge in [0.1, 0.15) is 23.9 Å². The van der Waals surface area contributed by atoms with Gasteiger partial charge in [0.2, 0.25) is 5.91 Å². The Morgan fingerprint density at radius 3 is 2.11 bits per heavy atom. The van der Waals surface area contributed by atoms with Crippen LogP contribution in [-0.4, -0.2) is 42.3 Å². The van der Waals surface area contributed by atoms with Gasteiger partial charge in [-0.05, 0) is 66.9 Å². The van der Waals surface area contributed by atoms with Crippen molar-refractivity contribution in [3.8, 4) is 17.2 Å². The molecule has 3 aromatic rings. The fourth-order valence-electron chi connectivity index (χ4n) is 4.42. The number of hydrogen-bond donors (Lipinski definition) is 3. The Hall–Kier alpha value is -4.53. The van der Waals surface area contributed by atoms with Gasteiger partial charge in [-0.25, -0.2) is 9.59 Å². The van der Waals surface area contributed by atoms with Crippen LogP contribution in [0.25, 0.3) is 0 Å². The number of alkyl carbamates (subject to hydrolysis) is 1. The number of amides is 2. The molecular formula is C29H30N2O7. The van der Waals surface area contributed by atoms with Crippen molar-refractivity contribution in [2.75, 3.05) is 19.0 Å². The number of para-hydroxylation sites is 1. The summed E-state index contributed by atoms with van der Waals surface area (Å²) in [4.78, 5) is 35.5. The summed E-state index contributed by atoms with van der Waals surface area (Å²) in [5.74, 6) is 0.475. The lowest BCUT2D eigenvalue weighted by Crippen LogP contribution is -2.50. The number of aromatic carboxylic acids is 1. The summed E-state index contributed by atoms with van der Waals surface area (Å²) in [6, 6.07) is 20.6. The molecule has 0 aromatic heterocycles. The SMILES string of the molecule is COC(=O)NC1(COc2ccc(Oc3ccc(CC(=O)Nc4ccccc4C(=O)O)cc3)cc2)CCCC1. The van der Waals surface area contributed by atoms with Crippen LogP contribution in [0.5, 0.6) is 17.2 Å². The Bertz CT molecular complexity index is 1270. The van der Waals surface area contributed by atoms with E-state index >= 15 is 0 Å². The van der Waals surface area contributed by atoms with Gasteiger partial charge in [-0.1, -0.05) is 37.1 Å². The number of carbonyl (C=O) groups is 3. The van der Waals surface area contributed by atoms with E-state index in [1.54, 1.807) is 54.6 Å². The van der Waals surface area contributed by atoms with Crippen LogP contribution in [0.15, 0.2) is 72.8 Å². The van der Waals surface area contributed by atoms with Crippen LogP contribution < -0.4 is 20.1 Å². The van der Waals surface area contributed by atoms with Crippen LogP contribution in [0, 0.1) is 0 Å². The molecule has 4 rings (SSSR count). The Kier molecular flexibility index (Phi) is 8.47. The summed E-state index contributed by atoms with van der Waals surface area (Å²) in [7, 11) is 1.35. The number of rotatable bonds is 10. The number of ether oxygens (including phenoxy) is 3. The van der Waals surface area contributed by atoms with Crippen molar-refractivity contribution in [3.63, 3.8) is 0 Å². The summed E-state index contributed by atoms with van der Waals surface area (Å²) in [5, 5.41) is 14.8. The third-order valence-corrected chi connectivity index (χ3v) is 6.41. The monoisotopic (exact) mass is 518 g/mol. The first-order valence-electron chi connectivity index (χ1n) is 12.3. The quantitative estimate of drug-likeness (QED) is 0.328. The number of benzene rings is 3. The zero-order valence-electron chi connectivity index (χ0n) is 21.1. The first-order chi connectivity index (χ1) is 18.4. The zero-order valence-corrected chi connectivity index (χ0v) is 21.1. The number of carboxylic acids is 1. The topological polar surface area (TPSA) is 123 Å². The molecule has 0 aliphatic heterocycles. The van der Waals surface area contributed by atoms with Gasteiger partial charge in [-0.2, -0.15) is 0 Å². The van der Waals surface area contributed by atoms with Crippen LogP contribution in [0.2, 0.25) is 0 Å². The highest BCUT2D eigenvalue weighted by atomic mass is 16.5. The van der Waals surface area contributed by atoms with Crippen molar-refractivity contribution < 1.29 is 33.7 Å². The summed E-state index contributed by atoms with van der Waals surface area (Å²) in [6.45, 7) is 0.360. The maximum atomic E-state index is 12.4. The van der Waals surface area contributed by atoms with Gasteiger partial charge >= 0.3 is 12.1 Å². The molecule has 2 amide bonds. The number of anilines is 1. The summed E-state index contributed by atoms with van der Waals surface area (Å²) in [5.41, 5.74) is 0.640. The van der Waals surface area contributed by atoms with Crippen molar-refractivity contribution in [2.45, 2.75) is 37.6 Å². The minimum absolute atomic E-state index is 0.0388. The van der Waals surface area contributed by atoms with Gasteiger partial charge in [-0.15, -0.1) is 0 Å². The first-order valence-corrected chi connectivity index (χ1v) is 12.3. The lowest BCUT2D eigenvalue weighted by atomic mass is 9.99. The third-order valence-electron chi connectivity index (χ3n) is 6.41. The predicted octanol–water partition coefficient (Wildman–Crippen LogP) is 5.41. The fourth-order valence-corrected chi connectivity index (χ4v) is 4.42. The Balaban J connectivity index is 1.29. The molecule has 0 unspecified atom stereocenters. The van der Waals surface area contributed by atoms with Crippen LogP contribution in [-0.2, 0) is 16.0 Å². The molecule has 1 aliphatic rings. The molecule has 38 heavy (non-hydrogen) atoms. The van der Waals surface area contributed by atoms with Crippen LogP contribution in [0.4, 0.5) is 10.5 Å². The molecule has 9 heteroatoms. The van der Waals surface area contributed by atoms with Gasteiger partial charge < -0.3 is 30.0 Å². The second-order valence-electron chi connectivity index (χ2n) is 9.19. The van der Waals surface area contributed by atoms with E-state index in [-0.39, 0.29) is 23.6 Å². The molecular weight excluding hydrogens is 488 g/mol. The van der Waals surface area contributed by atoms with Crippen molar-refractivity contribution in [1.29, 1.82) is 0 Å². The number of nitrogens with one attached hydrogen (secondary N) is 2. The van der Waals surface area contributed by atoms with E-state index in [1.807, 2.05) is 12.1 Å². The largest absolute Gasteiger partial charge is 0.491 e. The second kappa shape index (κ2) is 12.1. The molecule has 198 valence electrons. The van der Waals surface area contributed by atoms with E-state index in [0.717, 1.165) is 31.2 Å². The lowest BCUT2D eigenvalue weighted by Gasteiger charge is -2.29. The van der Waals surface area contributed by atoms with Gasteiger partial charge in [0.15, 0.2) is 0 Å². The van der Waals surface area contributed by atoms with Crippen molar-refractivity contribution >= 4 is 23.7 Å². The molecule has 1 aliphatic carbocycles. The van der Waals surface area contributed by atoms with Gasteiger partial charge in [0, 0.05) is 0 Å². The van der Waals surface area contributed by atoms with E-state index in [4.69, 9.17) is 14.2 Å². The van der Waals surface area contributed by atoms with E-state index < -0.39 is 17.6 Å². The summed E-state index contributed by atoms with van der Waals surface area (Å²) >= 11 is 0. The van der Waals surface area contributed by atoms with Gasteiger partial charge in [0.25, 0.3) is 0 Å². The Morgan fingerprint density at radius 2 is 1.47 bits per heavy atom. The van der Waals surface area contributed by atoms with Crippen LogP contribution in [0.1, 0.15) is 41.6 Å². The first kappa shape index (κ1) is 26.5. The minimum atomic E-state index is -1.10. The highest BCUT2D eigenvalue weighted by Crippen LogP contribution is 2.31. The third kappa shape index (κ3) is 7.03. The maximum absolute atomic E-state index is 12.4. The van der Waals surface area contributed by atoms with Crippen molar-refractivity contribution in [2.24, 2.45) is 0 Å². The average Bonchev–Trinajstić information content (AvgIpc) is 3.38. The number of carbonyl (C=O) groups excluding carboxylic acids is 2. The molecule has 0 spiro atoms. The molecule has 0 atom stereocenters. The molecule has 0 radical (unpaired) electrons. The fraction of sp³-hybridized carbons (Fsp3) is 0.276. The lowest BCUT2D eigenvalue weighted by molar-refractivity contribution is -0.115. The van der Waals surface area contributed by atoms with E-state index in [1.165, 1.54) is 13.2 Å². The van der Waals surface area contributed by atoms with Crippen LogP contribution in [0.3, 0.4) is 0 Å². The Labute approximate surface area is 220 Å². The van der Waals surface area contributed by atoms with Crippen molar-refractivity contribution in [1.82, 2.24) is 5.32 Å². The van der Waals surface area contributed by atoms with Gasteiger partial charge in [0.05, 0.1) is 30.3 Å². The predicted molar refractivity (Wildman–Crippen MR) is 141 cm³/mol. The molecule has 3 aromatic carbocycles. The molecule has 1 fully saturated rings. The standard InChI is InChI=1S/C29H30N2O7/c1-36-28(35)31-29(16-4-5-17-29)19-37-21-12-14-23(15-13-21)38-22-10-8-20(9-11-22)18-26(32)30-25-7-3-2-6-24(25)27(33)34/h2-3,6-15H,4-5,16-19H2,1H3,(H,30,32)(H,31,35)(H,33,34). The second-order valence-corrected chi connectivity index (χ2v) is 9.19. The highest BCUT2D eigenvalue weighted by molar-refractivity contribution is 6.01. The minimum Gasteiger partial charge on any atom is -0.491 e. The molecule has 9 nitrogen and oxygen atoms in total. The smallest absolute Gasteiger partial charge is 0.407 e. The molecule has 3 N–H and O–H groups in total. The average molecular weight is 519 g/mol. The Morgan fingerprint density at radius 1 is 0.868 bits per heavy atom.